The number of ether oxygens (including phenoxy) is 2. The molecule has 1 atom stereocenters. The molecule has 3 rings (SSSR count). The Hall–Kier alpha value is -3.42. The molecule has 0 saturated carbocycles. The summed E-state index contributed by atoms with van der Waals surface area (Å²) in [5, 5.41) is 0. The van der Waals surface area contributed by atoms with Crippen LogP contribution in [0, 0.1) is 13.8 Å². The Morgan fingerprint density at radius 1 is 1.07 bits per heavy atom. The fraction of sp³-hybridized carbons (Fsp3) is 0.273. The summed E-state index contributed by atoms with van der Waals surface area (Å²) in [6.07, 6.45) is 0.747. The zero-order valence-electron chi connectivity index (χ0n) is 17.1. The van der Waals surface area contributed by atoms with Crippen molar-refractivity contribution < 1.29 is 27.8 Å². The predicted octanol–water partition coefficient (Wildman–Crippen LogP) is 4.46. The third-order valence-corrected chi connectivity index (χ3v) is 4.82. The van der Waals surface area contributed by atoms with E-state index in [4.69, 9.17) is 4.74 Å². The topological polar surface area (TPSA) is 62.5 Å². The normalized spacial score (nSPS) is 12.1. The van der Waals surface area contributed by atoms with Crippen LogP contribution in [-0.4, -0.2) is 33.6 Å². The number of esters is 1. The van der Waals surface area contributed by atoms with E-state index < -0.39 is 18.7 Å². The SMILES string of the molecule is Cc1cc(C(=O)[C@H](C)OC(=O)c2cccn2C)c(C)n1-c1ccc(OC(F)F)cc1. The summed E-state index contributed by atoms with van der Waals surface area (Å²) in [5.74, 6) is -0.852. The molecular weight excluding hydrogens is 394 g/mol. The Bertz CT molecular complexity index is 1070. The van der Waals surface area contributed by atoms with Gasteiger partial charge in [-0.1, -0.05) is 0 Å². The number of carbonyl (C=O) groups excluding carboxylic acids is 2. The molecule has 0 fully saturated rings. The Balaban J connectivity index is 1.81. The third-order valence-electron chi connectivity index (χ3n) is 4.82. The van der Waals surface area contributed by atoms with Gasteiger partial charge in [-0.15, -0.1) is 0 Å². The van der Waals surface area contributed by atoms with Gasteiger partial charge in [0.1, 0.15) is 11.4 Å². The molecule has 0 amide bonds. The first kappa shape index (κ1) is 21.3. The maximum absolute atomic E-state index is 12.9. The van der Waals surface area contributed by atoms with Gasteiger partial charge < -0.3 is 18.6 Å². The minimum Gasteiger partial charge on any atom is -0.450 e. The maximum atomic E-state index is 12.9. The molecule has 30 heavy (non-hydrogen) atoms. The number of nitrogens with zero attached hydrogens (tertiary/aromatic N) is 2. The molecule has 6 nitrogen and oxygen atoms in total. The van der Waals surface area contributed by atoms with Crippen molar-refractivity contribution in [1.29, 1.82) is 0 Å². The standard InChI is InChI=1S/C22H22F2N2O4/c1-13-12-18(20(27)15(3)29-21(28)19-6-5-11-25(19)4)14(2)26(13)16-7-9-17(10-8-16)30-22(23)24/h5-12,15,22H,1-4H3/t15-/m0/s1. The van der Waals surface area contributed by atoms with Crippen molar-refractivity contribution in [1.82, 2.24) is 9.13 Å². The van der Waals surface area contributed by atoms with Crippen LogP contribution in [0.25, 0.3) is 5.69 Å². The number of aromatic nitrogens is 2. The summed E-state index contributed by atoms with van der Waals surface area (Å²) in [4.78, 5) is 25.2. The third kappa shape index (κ3) is 4.27. The average molecular weight is 416 g/mol. The monoisotopic (exact) mass is 416 g/mol. The molecule has 8 heteroatoms. The van der Waals surface area contributed by atoms with Gasteiger partial charge in [-0.3, -0.25) is 4.79 Å². The molecule has 0 spiro atoms. The van der Waals surface area contributed by atoms with Crippen molar-refractivity contribution >= 4 is 11.8 Å². The lowest BCUT2D eigenvalue weighted by Crippen LogP contribution is -2.25. The Labute approximate surface area is 172 Å². The molecular formula is C22H22F2N2O4. The number of Topliss-reactive ketones (excluding diaryl/α,β-unsaturated/α-hetero) is 1. The second kappa shape index (κ2) is 8.52. The molecule has 2 aromatic heterocycles. The first-order valence-corrected chi connectivity index (χ1v) is 9.29. The lowest BCUT2D eigenvalue weighted by atomic mass is 10.1. The second-order valence-corrected chi connectivity index (χ2v) is 6.91. The van der Waals surface area contributed by atoms with Gasteiger partial charge in [-0.25, -0.2) is 4.79 Å². The van der Waals surface area contributed by atoms with Gasteiger partial charge in [0.05, 0.1) is 0 Å². The molecule has 0 N–H and O–H groups in total. The van der Waals surface area contributed by atoms with Gasteiger partial charge in [-0.05, 0) is 63.2 Å². The highest BCUT2D eigenvalue weighted by Crippen LogP contribution is 2.25. The number of alkyl halides is 2. The van der Waals surface area contributed by atoms with E-state index in [-0.39, 0.29) is 11.5 Å². The van der Waals surface area contributed by atoms with Crippen LogP contribution in [0.4, 0.5) is 8.78 Å². The number of hydrogen-bond donors (Lipinski definition) is 0. The summed E-state index contributed by atoms with van der Waals surface area (Å²) >= 11 is 0. The van der Waals surface area contributed by atoms with Crippen molar-refractivity contribution in [2.24, 2.45) is 7.05 Å². The van der Waals surface area contributed by atoms with Gasteiger partial charge >= 0.3 is 12.6 Å². The van der Waals surface area contributed by atoms with Gasteiger partial charge in [0.15, 0.2) is 6.10 Å². The molecule has 0 aliphatic rings. The van der Waals surface area contributed by atoms with E-state index >= 15 is 0 Å². The average Bonchev–Trinajstić information content (AvgIpc) is 3.24. The number of benzene rings is 1. The van der Waals surface area contributed by atoms with E-state index in [2.05, 4.69) is 4.74 Å². The molecule has 0 aliphatic heterocycles. The largest absolute Gasteiger partial charge is 0.450 e. The molecule has 0 radical (unpaired) electrons. The van der Waals surface area contributed by atoms with Crippen LogP contribution in [0.15, 0.2) is 48.7 Å². The number of rotatable bonds is 7. The number of halogens is 2. The number of carbonyl (C=O) groups is 2. The van der Waals surface area contributed by atoms with Gasteiger partial charge in [-0.2, -0.15) is 8.78 Å². The molecule has 0 unspecified atom stereocenters. The van der Waals surface area contributed by atoms with Crippen LogP contribution in [0.3, 0.4) is 0 Å². The Kier molecular flexibility index (Phi) is 6.05. The van der Waals surface area contributed by atoms with Crippen molar-refractivity contribution in [2.75, 3.05) is 0 Å². The first-order chi connectivity index (χ1) is 14.2. The second-order valence-electron chi connectivity index (χ2n) is 6.91. The first-order valence-electron chi connectivity index (χ1n) is 9.29. The smallest absolute Gasteiger partial charge is 0.387 e. The minimum atomic E-state index is -2.89. The Morgan fingerprint density at radius 3 is 2.30 bits per heavy atom. The molecule has 0 bridgehead atoms. The molecule has 1 aromatic carbocycles. The molecule has 0 saturated heterocycles. The van der Waals surface area contributed by atoms with Gasteiger partial charge in [0, 0.05) is 35.9 Å². The number of ketones is 1. The Morgan fingerprint density at radius 2 is 1.73 bits per heavy atom. The van der Waals surface area contributed by atoms with E-state index in [1.165, 1.54) is 19.1 Å². The summed E-state index contributed by atoms with van der Waals surface area (Å²) in [6, 6.07) is 11.2. The highest BCUT2D eigenvalue weighted by atomic mass is 19.3. The predicted molar refractivity (Wildman–Crippen MR) is 106 cm³/mol. The van der Waals surface area contributed by atoms with E-state index in [1.54, 1.807) is 55.1 Å². The van der Waals surface area contributed by atoms with Crippen molar-refractivity contribution in [3.05, 3.63) is 71.3 Å². The van der Waals surface area contributed by atoms with Crippen LogP contribution < -0.4 is 4.74 Å². The maximum Gasteiger partial charge on any atom is 0.387 e. The van der Waals surface area contributed by atoms with Crippen molar-refractivity contribution in [3.63, 3.8) is 0 Å². The zero-order chi connectivity index (χ0) is 22.0. The van der Waals surface area contributed by atoms with Gasteiger partial charge in [0.2, 0.25) is 5.78 Å². The van der Waals surface area contributed by atoms with E-state index in [1.807, 2.05) is 11.5 Å². The van der Waals surface area contributed by atoms with Crippen LogP contribution in [0.1, 0.15) is 39.2 Å². The number of aryl methyl sites for hydroxylation is 2. The number of hydrogen-bond acceptors (Lipinski definition) is 4. The lowest BCUT2D eigenvalue weighted by Gasteiger charge is -2.14. The summed E-state index contributed by atoms with van der Waals surface area (Å²) in [7, 11) is 1.72. The van der Waals surface area contributed by atoms with Gasteiger partial charge in [0.25, 0.3) is 0 Å². The summed E-state index contributed by atoms with van der Waals surface area (Å²) in [5.41, 5.74) is 2.90. The van der Waals surface area contributed by atoms with E-state index in [9.17, 15) is 18.4 Å². The quantitative estimate of drug-likeness (QED) is 0.421. The van der Waals surface area contributed by atoms with Crippen LogP contribution >= 0.6 is 0 Å². The highest BCUT2D eigenvalue weighted by Gasteiger charge is 2.25. The van der Waals surface area contributed by atoms with Crippen molar-refractivity contribution in [3.8, 4) is 11.4 Å². The van der Waals surface area contributed by atoms with Crippen LogP contribution in [0.2, 0.25) is 0 Å². The summed E-state index contributed by atoms with van der Waals surface area (Å²) in [6.45, 7) is 2.24. The van der Waals surface area contributed by atoms with E-state index in [0.717, 1.165) is 5.69 Å². The summed E-state index contributed by atoms with van der Waals surface area (Å²) < 4.78 is 37.8. The molecule has 3 aromatic rings. The lowest BCUT2D eigenvalue weighted by molar-refractivity contribution is -0.0498. The fourth-order valence-electron chi connectivity index (χ4n) is 3.35. The molecule has 0 aliphatic carbocycles. The van der Waals surface area contributed by atoms with Crippen LogP contribution in [0.5, 0.6) is 5.75 Å². The molecule has 158 valence electrons. The molecule has 2 heterocycles. The highest BCUT2D eigenvalue weighted by molar-refractivity contribution is 6.02. The fourth-order valence-corrected chi connectivity index (χ4v) is 3.35. The minimum absolute atomic E-state index is 0.0497. The van der Waals surface area contributed by atoms with E-state index in [0.29, 0.717) is 22.6 Å². The van der Waals surface area contributed by atoms with Crippen molar-refractivity contribution in [2.45, 2.75) is 33.5 Å². The van der Waals surface area contributed by atoms with Crippen LogP contribution in [-0.2, 0) is 11.8 Å². The zero-order valence-corrected chi connectivity index (χ0v) is 17.1.